The SMILES string of the molecule is CC(NC(=O)c1cc(S(=O)(=O)N(C)C)ccc1N1CCOCC1)c1ccc(C(F)(F)F)cc1. The van der Waals surface area contributed by atoms with Crippen molar-refractivity contribution in [1.29, 1.82) is 0 Å². The highest BCUT2D eigenvalue weighted by molar-refractivity contribution is 7.89. The largest absolute Gasteiger partial charge is 0.416 e. The van der Waals surface area contributed by atoms with Crippen LogP contribution in [0.1, 0.15) is 34.5 Å². The van der Waals surface area contributed by atoms with Gasteiger partial charge < -0.3 is 15.0 Å². The Balaban J connectivity index is 1.92. The van der Waals surface area contributed by atoms with Crippen LogP contribution in [0.25, 0.3) is 0 Å². The molecule has 3 rings (SSSR count). The lowest BCUT2D eigenvalue weighted by molar-refractivity contribution is -0.137. The molecule has 0 radical (unpaired) electrons. The molecule has 2 aromatic carbocycles. The molecule has 0 spiro atoms. The third-order valence-electron chi connectivity index (χ3n) is 5.43. The highest BCUT2D eigenvalue weighted by Crippen LogP contribution is 2.30. The van der Waals surface area contributed by atoms with Crippen molar-refractivity contribution in [2.45, 2.75) is 24.0 Å². The van der Waals surface area contributed by atoms with Crippen molar-refractivity contribution in [3.05, 3.63) is 59.2 Å². The summed E-state index contributed by atoms with van der Waals surface area (Å²) < 4.78 is 70.1. The van der Waals surface area contributed by atoms with Crippen molar-refractivity contribution in [1.82, 2.24) is 9.62 Å². The fraction of sp³-hybridized carbons (Fsp3) is 0.409. The molecule has 1 saturated heterocycles. The Bertz CT molecular complexity index is 1100. The number of carbonyl (C=O) groups is 1. The monoisotopic (exact) mass is 485 g/mol. The van der Waals surface area contributed by atoms with Gasteiger partial charge in [0.25, 0.3) is 5.91 Å². The minimum absolute atomic E-state index is 0.0307. The zero-order valence-corrected chi connectivity index (χ0v) is 19.3. The van der Waals surface area contributed by atoms with Gasteiger partial charge >= 0.3 is 6.18 Å². The second-order valence-corrected chi connectivity index (χ2v) is 10.0. The summed E-state index contributed by atoms with van der Waals surface area (Å²) in [6.45, 7) is 3.67. The van der Waals surface area contributed by atoms with E-state index in [0.29, 0.717) is 37.6 Å². The van der Waals surface area contributed by atoms with Gasteiger partial charge in [0.1, 0.15) is 0 Å². The Morgan fingerprint density at radius 1 is 1.09 bits per heavy atom. The fourth-order valence-electron chi connectivity index (χ4n) is 3.47. The number of hydrogen-bond donors (Lipinski definition) is 1. The summed E-state index contributed by atoms with van der Waals surface area (Å²) in [5.41, 5.74) is 0.439. The quantitative estimate of drug-likeness (QED) is 0.680. The van der Waals surface area contributed by atoms with Gasteiger partial charge in [-0.15, -0.1) is 0 Å². The summed E-state index contributed by atoms with van der Waals surface area (Å²) in [7, 11) is -0.975. The topological polar surface area (TPSA) is 79.0 Å². The molecular weight excluding hydrogens is 459 g/mol. The van der Waals surface area contributed by atoms with E-state index < -0.39 is 33.7 Å². The summed E-state index contributed by atoms with van der Waals surface area (Å²) in [6.07, 6.45) is -4.45. The van der Waals surface area contributed by atoms with E-state index in [1.165, 1.54) is 38.4 Å². The molecule has 0 bridgehead atoms. The van der Waals surface area contributed by atoms with E-state index in [1.54, 1.807) is 13.0 Å². The molecule has 0 saturated carbocycles. The number of benzene rings is 2. The van der Waals surface area contributed by atoms with Gasteiger partial charge in [0.15, 0.2) is 0 Å². The average Bonchev–Trinajstić information content (AvgIpc) is 2.78. The van der Waals surface area contributed by atoms with E-state index in [1.807, 2.05) is 4.90 Å². The van der Waals surface area contributed by atoms with Gasteiger partial charge in [0.05, 0.1) is 35.3 Å². The predicted molar refractivity (Wildman–Crippen MR) is 118 cm³/mol. The van der Waals surface area contributed by atoms with Crippen LogP contribution in [0.3, 0.4) is 0 Å². The van der Waals surface area contributed by atoms with Gasteiger partial charge in [-0.05, 0) is 42.8 Å². The number of alkyl halides is 3. The third kappa shape index (κ3) is 5.66. The van der Waals surface area contributed by atoms with E-state index in [-0.39, 0.29) is 10.5 Å². The number of amides is 1. The van der Waals surface area contributed by atoms with E-state index in [2.05, 4.69) is 5.32 Å². The third-order valence-corrected chi connectivity index (χ3v) is 7.24. The lowest BCUT2D eigenvalue weighted by Crippen LogP contribution is -2.38. The number of sulfonamides is 1. The number of halogens is 3. The van der Waals surface area contributed by atoms with E-state index in [0.717, 1.165) is 16.4 Å². The number of rotatable bonds is 6. The standard InChI is InChI=1S/C22H26F3N3O4S/c1-15(16-4-6-17(7-5-16)22(23,24)25)26-21(29)19-14-18(33(30,31)27(2)3)8-9-20(19)28-10-12-32-13-11-28/h4-9,14-15H,10-13H2,1-3H3,(H,26,29). The molecule has 1 atom stereocenters. The van der Waals surface area contributed by atoms with Crippen LogP contribution >= 0.6 is 0 Å². The first kappa shape index (κ1) is 25.0. The van der Waals surface area contributed by atoms with Crippen LogP contribution < -0.4 is 10.2 Å². The first-order chi connectivity index (χ1) is 15.4. The van der Waals surface area contributed by atoms with Gasteiger partial charge in [-0.25, -0.2) is 12.7 Å². The minimum Gasteiger partial charge on any atom is -0.378 e. The summed E-state index contributed by atoms with van der Waals surface area (Å²) in [5.74, 6) is -0.528. The molecule has 1 unspecified atom stereocenters. The molecule has 1 aliphatic heterocycles. The van der Waals surface area contributed by atoms with E-state index >= 15 is 0 Å². The molecule has 1 heterocycles. The van der Waals surface area contributed by atoms with Gasteiger partial charge in [-0.1, -0.05) is 12.1 Å². The van der Waals surface area contributed by atoms with Crippen molar-refractivity contribution < 1.29 is 31.1 Å². The minimum atomic E-state index is -4.45. The van der Waals surface area contributed by atoms with Crippen LogP contribution in [-0.4, -0.2) is 59.0 Å². The number of morpholine rings is 1. The molecule has 1 fully saturated rings. The van der Waals surface area contributed by atoms with Crippen molar-refractivity contribution in [2.24, 2.45) is 0 Å². The molecular formula is C22H26F3N3O4S. The number of nitrogens with zero attached hydrogens (tertiary/aromatic N) is 2. The maximum absolute atomic E-state index is 13.2. The second-order valence-electron chi connectivity index (χ2n) is 7.88. The van der Waals surface area contributed by atoms with Crippen LogP contribution in [0.5, 0.6) is 0 Å². The normalized spacial score (nSPS) is 16.0. The smallest absolute Gasteiger partial charge is 0.378 e. The number of anilines is 1. The van der Waals surface area contributed by atoms with Crippen LogP contribution in [0, 0.1) is 0 Å². The van der Waals surface area contributed by atoms with Crippen LogP contribution in [0.4, 0.5) is 18.9 Å². The van der Waals surface area contributed by atoms with Crippen molar-refractivity contribution in [3.63, 3.8) is 0 Å². The van der Waals surface area contributed by atoms with E-state index in [4.69, 9.17) is 4.74 Å². The van der Waals surface area contributed by atoms with Crippen LogP contribution in [0.15, 0.2) is 47.4 Å². The van der Waals surface area contributed by atoms with Gasteiger partial charge in [0, 0.05) is 32.9 Å². The average molecular weight is 486 g/mol. The van der Waals surface area contributed by atoms with E-state index in [9.17, 15) is 26.4 Å². The first-order valence-corrected chi connectivity index (χ1v) is 11.7. The number of nitrogens with one attached hydrogen (secondary N) is 1. The molecule has 0 aromatic heterocycles. The summed E-state index contributed by atoms with van der Waals surface area (Å²) in [6, 6.07) is 8.31. The van der Waals surface area contributed by atoms with Crippen molar-refractivity contribution in [2.75, 3.05) is 45.3 Å². The fourth-order valence-corrected chi connectivity index (χ4v) is 4.40. The van der Waals surface area contributed by atoms with Gasteiger partial charge in [0.2, 0.25) is 10.0 Å². The lowest BCUT2D eigenvalue weighted by Gasteiger charge is -2.31. The Morgan fingerprint density at radius 3 is 2.24 bits per heavy atom. The van der Waals surface area contributed by atoms with Gasteiger partial charge in [-0.2, -0.15) is 13.2 Å². The Labute approximate surface area is 191 Å². The van der Waals surface area contributed by atoms with Crippen molar-refractivity contribution >= 4 is 21.6 Å². The molecule has 1 aliphatic rings. The maximum atomic E-state index is 13.2. The molecule has 11 heteroatoms. The molecule has 1 amide bonds. The van der Waals surface area contributed by atoms with Crippen molar-refractivity contribution in [3.8, 4) is 0 Å². The zero-order chi connectivity index (χ0) is 24.4. The number of ether oxygens (including phenoxy) is 1. The molecule has 2 aromatic rings. The van der Waals surface area contributed by atoms with Gasteiger partial charge in [-0.3, -0.25) is 4.79 Å². The Kier molecular flexibility index (Phi) is 7.35. The van der Waals surface area contributed by atoms with Crippen LogP contribution in [-0.2, 0) is 20.9 Å². The highest BCUT2D eigenvalue weighted by Gasteiger charge is 2.30. The molecule has 0 aliphatic carbocycles. The molecule has 33 heavy (non-hydrogen) atoms. The summed E-state index contributed by atoms with van der Waals surface area (Å²) in [4.78, 5) is 15.1. The maximum Gasteiger partial charge on any atom is 0.416 e. The predicted octanol–water partition coefficient (Wildman–Crippen LogP) is 3.28. The number of hydrogen-bond acceptors (Lipinski definition) is 5. The molecule has 180 valence electrons. The Morgan fingerprint density at radius 2 is 1.70 bits per heavy atom. The molecule has 1 N–H and O–H groups in total. The molecule has 7 nitrogen and oxygen atoms in total. The first-order valence-electron chi connectivity index (χ1n) is 10.3. The summed E-state index contributed by atoms with van der Waals surface area (Å²) >= 11 is 0. The van der Waals surface area contributed by atoms with Crippen LogP contribution in [0.2, 0.25) is 0 Å². The second kappa shape index (κ2) is 9.70. The Hall–Kier alpha value is -2.63. The number of carbonyl (C=O) groups excluding carboxylic acids is 1. The summed E-state index contributed by atoms with van der Waals surface area (Å²) in [5, 5.41) is 2.77. The zero-order valence-electron chi connectivity index (χ0n) is 18.5. The lowest BCUT2D eigenvalue weighted by atomic mass is 10.0. The highest BCUT2D eigenvalue weighted by atomic mass is 32.2.